The van der Waals surface area contributed by atoms with E-state index in [-0.39, 0.29) is 12.0 Å². The summed E-state index contributed by atoms with van der Waals surface area (Å²) in [6, 6.07) is 2.33. The lowest BCUT2D eigenvalue weighted by atomic mass is 10.0. The van der Waals surface area contributed by atoms with Crippen molar-refractivity contribution in [3.63, 3.8) is 0 Å². The fourth-order valence-corrected chi connectivity index (χ4v) is 2.40. The number of hydrogen-bond acceptors (Lipinski definition) is 5. The van der Waals surface area contributed by atoms with Gasteiger partial charge in [0.1, 0.15) is 18.2 Å². The summed E-state index contributed by atoms with van der Waals surface area (Å²) >= 11 is 0. The number of hydrogen-bond donors (Lipinski definition) is 2. The summed E-state index contributed by atoms with van der Waals surface area (Å²) in [4.78, 5) is 7.87. The number of H-pyrrole nitrogens is 1. The maximum Gasteiger partial charge on any atom is 0.417 e. The highest BCUT2D eigenvalue weighted by Gasteiger charge is 2.32. The first-order valence-corrected chi connectivity index (χ1v) is 6.78. The molecule has 0 aromatic carbocycles. The number of aromatic amines is 1. The third kappa shape index (κ3) is 3.19. The van der Waals surface area contributed by atoms with Crippen molar-refractivity contribution in [1.29, 1.82) is 0 Å². The highest BCUT2D eigenvalue weighted by Crippen LogP contribution is 2.33. The van der Waals surface area contributed by atoms with Gasteiger partial charge in [0.05, 0.1) is 5.56 Å². The smallest absolute Gasteiger partial charge is 0.370 e. The minimum atomic E-state index is -4.37. The summed E-state index contributed by atoms with van der Waals surface area (Å²) < 4.78 is 43.0. The van der Waals surface area contributed by atoms with Gasteiger partial charge in [-0.15, -0.1) is 0 Å². The van der Waals surface area contributed by atoms with Crippen LogP contribution in [0, 0.1) is 5.92 Å². The Kier molecular flexibility index (Phi) is 3.97. The van der Waals surface area contributed by atoms with Crippen molar-refractivity contribution in [3.8, 4) is 0 Å². The van der Waals surface area contributed by atoms with Crippen LogP contribution in [0.5, 0.6) is 0 Å². The Morgan fingerprint density at radius 1 is 1.32 bits per heavy atom. The summed E-state index contributed by atoms with van der Waals surface area (Å²) in [5.41, 5.74) is -0.762. The maximum absolute atomic E-state index is 12.5. The lowest BCUT2D eigenvalue weighted by Crippen LogP contribution is -2.19. The van der Waals surface area contributed by atoms with Crippen LogP contribution in [0.15, 0.2) is 24.7 Å². The minimum absolute atomic E-state index is 0.150. The number of halogens is 3. The van der Waals surface area contributed by atoms with E-state index in [1.807, 2.05) is 0 Å². The molecule has 1 saturated heterocycles. The van der Waals surface area contributed by atoms with Crippen LogP contribution in [0.4, 0.5) is 19.0 Å². The number of aromatic nitrogens is 4. The molecule has 1 aliphatic rings. The van der Waals surface area contributed by atoms with E-state index in [2.05, 4.69) is 25.5 Å². The number of ether oxygens (including phenoxy) is 1. The Labute approximate surface area is 124 Å². The average Bonchev–Trinajstić information content (AvgIpc) is 3.15. The zero-order chi connectivity index (χ0) is 15.6. The highest BCUT2D eigenvalue weighted by atomic mass is 19.4. The molecular weight excluding hydrogens is 299 g/mol. The summed E-state index contributed by atoms with van der Waals surface area (Å²) in [6.07, 6.45) is -1.49. The van der Waals surface area contributed by atoms with E-state index < -0.39 is 11.7 Å². The maximum atomic E-state index is 12.5. The van der Waals surface area contributed by atoms with Gasteiger partial charge in [0.2, 0.25) is 0 Å². The molecule has 0 aliphatic carbocycles. The molecule has 2 N–H and O–H groups in total. The molecule has 3 rings (SSSR count). The van der Waals surface area contributed by atoms with Crippen LogP contribution in [0.1, 0.15) is 23.9 Å². The molecule has 0 unspecified atom stereocenters. The molecule has 6 nitrogen and oxygen atoms in total. The van der Waals surface area contributed by atoms with E-state index in [1.165, 1.54) is 12.4 Å². The van der Waals surface area contributed by atoms with Gasteiger partial charge in [-0.2, -0.15) is 18.3 Å². The quantitative estimate of drug-likeness (QED) is 0.906. The van der Waals surface area contributed by atoms with Gasteiger partial charge in [0, 0.05) is 25.3 Å². The first-order chi connectivity index (χ1) is 10.5. The summed E-state index contributed by atoms with van der Waals surface area (Å²) in [5, 5.41) is 9.61. The molecule has 118 valence electrons. The van der Waals surface area contributed by atoms with Gasteiger partial charge in [0.15, 0.2) is 5.82 Å². The fourth-order valence-electron chi connectivity index (χ4n) is 2.40. The lowest BCUT2D eigenvalue weighted by Gasteiger charge is -2.17. The monoisotopic (exact) mass is 313 g/mol. The molecule has 0 saturated carbocycles. The molecule has 2 aromatic rings. The van der Waals surface area contributed by atoms with E-state index >= 15 is 0 Å². The Balaban J connectivity index is 1.60. The lowest BCUT2D eigenvalue weighted by molar-refractivity contribution is -0.137. The van der Waals surface area contributed by atoms with E-state index in [9.17, 15) is 13.2 Å². The van der Waals surface area contributed by atoms with Crippen LogP contribution in [0.3, 0.4) is 0 Å². The van der Waals surface area contributed by atoms with Crippen LogP contribution in [-0.4, -0.2) is 33.3 Å². The predicted molar refractivity (Wildman–Crippen MR) is 70.9 cm³/mol. The summed E-state index contributed by atoms with van der Waals surface area (Å²) in [5.74, 6) is 1.21. The second-order valence-electron chi connectivity index (χ2n) is 5.02. The molecule has 0 spiro atoms. The van der Waals surface area contributed by atoms with Gasteiger partial charge in [-0.05, 0) is 18.6 Å². The molecule has 22 heavy (non-hydrogen) atoms. The molecule has 0 radical (unpaired) electrons. The normalized spacial score (nSPS) is 22.0. The molecule has 2 aromatic heterocycles. The highest BCUT2D eigenvalue weighted by molar-refractivity contribution is 5.36. The summed E-state index contributed by atoms with van der Waals surface area (Å²) in [7, 11) is 0. The number of pyridine rings is 1. The third-order valence-electron chi connectivity index (χ3n) is 3.55. The molecule has 0 amide bonds. The molecule has 1 fully saturated rings. The van der Waals surface area contributed by atoms with Gasteiger partial charge in [-0.3, -0.25) is 5.10 Å². The molecule has 2 atom stereocenters. The van der Waals surface area contributed by atoms with Crippen LogP contribution >= 0.6 is 0 Å². The first kappa shape index (κ1) is 14.8. The average molecular weight is 313 g/mol. The van der Waals surface area contributed by atoms with E-state index in [0.29, 0.717) is 24.8 Å². The Morgan fingerprint density at radius 3 is 2.82 bits per heavy atom. The topological polar surface area (TPSA) is 75.7 Å². The van der Waals surface area contributed by atoms with Crippen LogP contribution < -0.4 is 5.32 Å². The van der Waals surface area contributed by atoms with Crippen molar-refractivity contribution in [2.45, 2.75) is 18.7 Å². The van der Waals surface area contributed by atoms with E-state index in [0.717, 1.165) is 18.7 Å². The van der Waals surface area contributed by atoms with E-state index in [1.54, 1.807) is 0 Å². The minimum Gasteiger partial charge on any atom is -0.370 e. The predicted octanol–water partition coefficient (Wildman–Crippen LogP) is 2.41. The summed E-state index contributed by atoms with van der Waals surface area (Å²) in [6.45, 7) is 1.14. The Bertz CT molecular complexity index is 599. The first-order valence-electron chi connectivity index (χ1n) is 6.78. The zero-order valence-corrected chi connectivity index (χ0v) is 11.5. The zero-order valence-electron chi connectivity index (χ0n) is 11.5. The van der Waals surface area contributed by atoms with Crippen LogP contribution in [0.2, 0.25) is 0 Å². The molecule has 0 bridgehead atoms. The van der Waals surface area contributed by atoms with Crippen molar-refractivity contribution in [3.05, 3.63) is 36.0 Å². The van der Waals surface area contributed by atoms with Gasteiger partial charge in [0.25, 0.3) is 0 Å². The van der Waals surface area contributed by atoms with Crippen molar-refractivity contribution in [1.82, 2.24) is 20.2 Å². The van der Waals surface area contributed by atoms with E-state index in [4.69, 9.17) is 4.74 Å². The number of anilines is 1. The van der Waals surface area contributed by atoms with Crippen LogP contribution in [0.25, 0.3) is 0 Å². The van der Waals surface area contributed by atoms with Crippen molar-refractivity contribution in [2.75, 3.05) is 18.5 Å². The SMILES string of the molecule is FC(F)(F)c1ccc(NC[C@@H]2CCO[C@@H]2c2ncn[nH]2)nc1. The van der Waals surface area contributed by atoms with Gasteiger partial charge in [-0.25, -0.2) is 9.97 Å². The largest absolute Gasteiger partial charge is 0.417 e. The van der Waals surface area contributed by atoms with Crippen molar-refractivity contribution in [2.24, 2.45) is 5.92 Å². The number of nitrogens with one attached hydrogen (secondary N) is 2. The van der Waals surface area contributed by atoms with Gasteiger partial charge < -0.3 is 10.1 Å². The van der Waals surface area contributed by atoms with Crippen molar-refractivity contribution >= 4 is 5.82 Å². The molecular formula is C13H14F3N5O. The number of alkyl halides is 3. The second-order valence-corrected chi connectivity index (χ2v) is 5.02. The standard InChI is InChI=1S/C13H14F3N5O/c14-13(15,16)9-1-2-10(18-6-9)17-5-8-3-4-22-11(8)12-19-7-20-21-12/h1-2,6-8,11H,3-5H2,(H,17,18)(H,19,20,21)/t8-,11-/m0/s1. The Hall–Kier alpha value is -2.16. The van der Waals surface area contributed by atoms with Crippen molar-refractivity contribution < 1.29 is 17.9 Å². The third-order valence-corrected chi connectivity index (χ3v) is 3.55. The van der Waals surface area contributed by atoms with Gasteiger partial charge >= 0.3 is 6.18 Å². The number of rotatable bonds is 4. The molecule has 1 aliphatic heterocycles. The van der Waals surface area contributed by atoms with Gasteiger partial charge in [-0.1, -0.05) is 0 Å². The molecule has 9 heteroatoms. The fraction of sp³-hybridized carbons (Fsp3) is 0.462. The second kappa shape index (κ2) is 5.91. The van der Waals surface area contributed by atoms with Crippen LogP contribution in [-0.2, 0) is 10.9 Å². The Morgan fingerprint density at radius 2 is 2.18 bits per heavy atom. The molecule has 3 heterocycles. The number of nitrogens with zero attached hydrogens (tertiary/aromatic N) is 3.